The van der Waals surface area contributed by atoms with Crippen LogP contribution in [0.15, 0.2) is 158 Å². The minimum atomic E-state index is 0.591. The molecule has 61 heavy (non-hydrogen) atoms. The largest absolute Gasteiger partial charge is 0.307 e. The van der Waals surface area contributed by atoms with Crippen LogP contribution in [0.25, 0.3) is 94.7 Å². The van der Waals surface area contributed by atoms with Gasteiger partial charge in [-0.3, -0.25) is 4.57 Å². The molecule has 7 aromatic carbocycles. The average molecular weight is 777 g/mol. The number of benzene rings is 7. The molecule has 0 fully saturated rings. The van der Waals surface area contributed by atoms with E-state index in [1.54, 1.807) is 0 Å². The minimum Gasteiger partial charge on any atom is -0.307 e. The fourth-order valence-electron chi connectivity index (χ4n) is 9.73. The van der Waals surface area contributed by atoms with E-state index in [2.05, 4.69) is 206 Å². The number of hydrogen-bond donors (Lipinski definition) is 0. The lowest BCUT2D eigenvalue weighted by molar-refractivity contribution is 0.955. The average Bonchev–Trinajstić information content (AvgIpc) is 3.84. The van der Waals surface area contributed by atoms with Crippen molar-refractivity contribution in [1.82, 2.24) is 24.1 Å². The number of aromatic nitrogens is 5. The van der Waals surface area contributed by atoms with Gasteiger partial charge in [0.05, 0.1) is 22.1 Å². The molecular formula is C51H40B5N5. The highest BCUT2D eigenvalue weighted by Crippen LogP contribution is 2.44. The van der Waals surface area contributed by atoms with Crippen molar-refractivity contribution in [2.45, 2.75) is 12.8 Å². The summed E-state index contributed by atoms with van der Waals surface area (Å²) in [6, 6.07) is 52.1. The summed E-state index contributed by atoms with van der Waals surface area (Å²) in [4.78, 5) is 16.4. The number of fused-ring (bicyclic) bond motifs is 7. The zero-order chi connectivity index (χ0) is 41.4. The molecule has 0 unspecified atom stereocenters. The Morgan fingerprint density at radius 1 is 0.410 bits per heavy atom. The van der Waals surface area contributed by atoms with E-state index in [1.165, 1.54) is 66.0 Å². The fraction of sp³-hybridized carbons (Fsp3) is 0.0392. The Hall–Kier alpha value is -7.05. The van der Waals surface area contributed by atoms with Crippen molar-refractivity contribution >= 4 is 121 Å². The monoisotopic (exact) mass is 777 g/mol. The third-order valence-corrected chi connectivity index (χ3v) is 13.3. The van der Waals surface area contributed by atoms with Crippen LogP contribution in [-0.2, 0) is 0 Å². The number of allylic oxidation sites excluding steroid dienone is 4. The van der Waals surface area contributed by atoms with Gasteiger partial charge in [0.2, 0.25) is 5.95 Å². The maximum absolute atomic E-state index is 5.54. The second kappa shape index (κ2) is 14.6. The summed E-state index contributed by atoms with van der Waals surface area (Å²) in [7, 11) is 11.1. The molecule has 284 valence electrons. The molecule has 0 saturated heterocycles. The molecule has 11 rings (SSSR count). The van der Waals surface area contributed by atoms with Gasteiger partial charge < -0.3 is 4.57 Å². The number of rotatable bonds is 6. The van der Waals surface area contributed by atoms with Crippen LogP contribution in [0, 0.1) is 0 Å². The number of nitrogens with zero attached hydrogens (tertiary/aromatic N) is 5. The Labute approximate surface area is 360 Å². The van der Waals surface area contributed by atoms with E-state index in [0.717, 1.165) is 56.9 Å². The Morgan fingerprint density at radius 2 is 0.902 bits per heavy atom. The normalized spacial score (nSPS) is 13.0. The smallest absolute Gasteiger partial charge is 0.238 e. The van der Waals surface area contributed by atoms with Crippen molar-refractivity contribution in [1.29, 1.82) is 0 Å². The summed E-state index contributed by atoms with van der Waals surface area (Å²) in [5, 5.41) is 4.70. The van der Waals surface area contributed by atoms with Crippen LogP contribution in [0.5, 0.6) is 0 Å². The van der Waals surface area contributed by atoms with Gasteiger partial charge in [-0.1, -0.05) is 150 Å². The molecule has 0 N–H and O–H groups in total. The summed E-state index contributed by atoms with van der Waals surface area (Å²) in [5.74, 6) is 1.90. The zero-order valence-corrected chi connectivity index (χ0v) is 35.2. The summed E-state index contributed by atoms with van der Waals surface area (Å²) < 4.78 is 4.82. The van der Waals surface area contributed by atoms with Crippen LogP contribution in [-0.4, -0.2) is 63.3 Å². The van der Waals surface area contributed by atoms with Gasteiger partial charge in [0.1, 0.15) is 39.2 Å². The van der Waals surface area contributed by atoms with Crippen molar-refractivity contribution in [3.8, 4) is 39.9 Å². The first kappa shape index (κ1) is 37.0. The summed E-state index contributed by atoms with van der Waals surface area (Å²) >= 11 is 0. The van der Waals surface area contributed by atoms with E-state index in [0.29, 0.717) is 17.6 Å². The summed E-state index contributed by atoms with van der Waals surface area (Å²) in [5.41, 5.74) is 18.7. The van der Waals surface area contributed by atoms with Crippen molar-refractivity contribution in [2.75, 3.05) is 0 Å². The third kappa shape index (κ3) is 5.88. The van der Waals surface area contributed by atoms with Gasteiger partial charge in [0.25, 0.3) is 0 Å². The maximum Gasteiger partial charge on any atom is 0.238 e. The molecular weight excluding hydrogens is 737 g/mol. The molecule has 0 saturated carbocycles. The number of hydrogen-bond acceptors (Lipinski definition) is 3. The quantitative estimate of drug-likeness (QED) is 0.240. The molecule has 5 nitrogen and oxygen atoms in total. The van der Waals surface area contributed by atoms with E-state index in [9.17, 15) is 0 Å². The first-order valence-corrected chi connectivity index (χ1v) is 21.3. The molecule has 1 aliphatic rings. The highest BCUT2D eigenvalue weighted by Gasteiger charge is 2.26. The van der Waals surface area contributed by atoms with Crippen LogP contribution in [0.3, 0.4) is 0 Å². The molecule has 0 aliphatic heterocycles. The predicted molar refractivity (Wildman–Crippen MR) is 272 cm³/mol. The van der Waals surface area contributed by atoms with Crippen molar-refractivity contribution in [3.63, 3.8) is 0 Å². The predicted octanol–water partition coefficient (Wildman–Crippen LogP) is 4.09. The second-order valence-corrected chi connectivity index (χ2v) is 16.5. The molecule has 0 radical (unpaired) electrons. The molecule has 0 amide bonds. The van der Waals surface area contributed by atoms with Crippen LogP contribution in [0.4, 0.5) is 0 Å². The maximum atomic E-state index is 5.54. The van der Waals surface area contributed by atoms with Crippen LogP contribution in [0.1, 0.15) is 18.4 Å². The van der Waals surface area contributed by atoms with Crippen molar-refractivity contribution in [2.24, 2.45) is 0 Å². The van der Waals surface area contributed by atoms with Crippen molar-refractivity contribution in [3.05, 3.63) is 163 Å². The second-order valence-electron chi connectivity index (χ2n) is 16.5. The van der Waals surface area contributed by atoms with Gasteiger partial charge in [0, 0.05) is 38.4 Å². The lowest BCUT2D eigenvalue weighted by atomic mass is 9.60. The van der Waals surface area contributed by atoms with Crippen LogP contribution >= 0.6 is 0 Å². The molecule has 1 aliphatic carbocycles. The summed E-state index contributed by atoms with van der Waals surface area (Å²) in [6.45, 7) is 0. The highest BCUT2D eigenvalue weighted by atomic mass is 15.2. The molecule has 0 spiro atoms. The minimum absolute atomic E-state index is 0.591. The van der Waals surface area contributed by atoms with E-state index in [1.807, 2.05) is 0 Å². The van der Waals surface area contributed by atoms with Gasteiger partial charge >= 0.3 is 0 Å². The molecule has 3 heterocycles. The summed E-state index contributed by atoms with van der Waals surface area (Å²) in [6.07, 6.45) is 6.61. The van der Waals surface area contributed by atoms with E-state index in [4.69, 9.17) is 15.0 Å². The molecule has 0 bridgehead atoms. The lowest BCUT2D eigenvalue weighted by Gasteiger charge is -2.21. The zero-order valence-electron chi connectivity index (χ0n) is 35.2. The molecule has 10 heteroatoms. The fourth-order valence-corrected chi connectivity index (χ4v) is 9.73. The molecule has 3 aromatic heterocycles. The van der Waals surface area contributed by atoms with Gasteiger partial charge in [-0.25, -0.2) is 4.98 Å². The first-order chi connectivity index (χ1) is 29.9. The Kier molecular flexibility index (Phi) is 8.85. The van der Waals surface area contributed by atoms with Gasteiger partial charge in [-0.2, -0.15) is 9.97 Å². The standard InChI is InChI=1S/C51H40B5N5/c52-42-41(43(53)45(55)46(56)44(42)54)50-57-49(32-25-23-30(24-26-32)29-13-3-1-4-14-29)58-51(59-50)61-40-22-12-9-19-35(40)37-28-27-36-34-18-8-11-21-39(34)60(47(36)48(37)61)38-20-10-7-17-33(38)31-15-5-2-6-16-31/h1-6,8-16,18-28H,7,17,52-56H2. The van der Waals surface area contributed by atoms with Crippen LogP contribution < -0.4 is 27.3 Å². The van der Waals surface area contributed by atoms with E-state index in [-0.39, 0.29) is 0 Å². The van der Waals surface area contributed by atoms with E-state index >= 15 is 0 Å². The Bertz CT molecular complexity index is 3430. The Morgan fingerprint density at radius 3 is 1.54 bits per heavy atom. The SMILES string of the molecule is Bc1c(B)c(B)c(-c2nc(-c3ccc(-c4ccccc4)cc3)nc(-n3c4ccccc4c4ccc5c6ccccc6n(C6=C(c7ccccc7)CCC=C6)c5c43)n2)c(B)c1B. The third-order valence-electron chi connectivity index (χ3n) is 13.3. The lowest BCUT2D eigenvalue weighted by Crippen LogP contribution is -2.55. The van der Waals surface area contributed by atoms with E-state index < -0.39 is 0 Å². The van der Waals surface area contributed by atoms with Crippen molar-refractivity contribution < 1.29 is 0 Å². The topological polar surface area (TPSA) is 48.5 Å². The van der Waals surface area contributed by atoms with Crippen LogP contribution in [0.2, 0.25) is 0 Å². The highest BCUT2D eigenvalue weighted by molar-refractivity contribution is 6.68. The van der Waals surface area contributed by atoms with Gasteiger partial charge in [-0.05, 0) is 53.3 Å². The first-order valence-electron chi connectivity index (χ1n) is 21.3. The molecule has 10 aromatic rings. The molecule has 0 atom stereocenters. The van der Waals surface area contributed by atoms with Gasteiger partial charge in [-0.15, -0.1) is 16.4 Å². The number of para-hydroxylation sites is 2. The Balaban J connectivity index is 1.27. The van der Waals surface area contributed by atoms with Gasteiger partial charge in [0.15, 0.2) is 11.6 Å².